The summed E-state index contributed by atoms with van der Waals surface area (Å²) >= 11 is 0. The number of non-ortho nitro benzene ring substituents is 1. The van der Waals surface area contributed by atoms with Crippen molar-refractivity contribution < 1.29 is 14.5 Å². The molecule has 0 saturated carbocycles. The second-order valence-corrected chi connectivity index (χ2v) is 7.51. The standard InChI is InChI=1S/C20H25N7O4/c21-14-22-20(23-15-6-5-7-16(12-15)27(30)31)24-17-8-1-2-11-26(19(17)29)13-18(28)25-9-3-4-10-25/h5-7,12,17H,1-4,8-11,13H2,(H2,22,23,24). The van der Waals surface area contributed by atoms with Crippen LogP contribution in [0, 0.1) is 21.6 Å². The maximum atomic E-state index is 13.1. The number of rotatable bonds is 5. The molecule has 0 aliphatic carbocycles. The lowest BCUT2D eigenvalue weighted by Gasteiger charge is -2.25. The zero-order chi connectivity index (χ0) is 22.2. The normalized spacial score (nSPS) is 19.5. The van der Waals surface area contributed by atoms with Gasteiger partial charge in [0.1, 0.15) is 6.04 Å². The summed E-state index contributed by atoms with van der Waals surface area (Å²) in [5, 5.41) is 25.3. The molecule has 0 spiro atoms. The van der Waals surface area contributed by atoms with Gasteiger partial charge in [0.15, 0.2) is 6.19 Å². The molecule has 1 aromatic carbocycles. The van der Waals surface area contributed by atoms with Crippen molar-refractivity contribution in [3.8, 4) is 6.19 Å². The molecule has 1 atom stereocenters. The van der Waals surface area contributed by atoms with E-state index in [0.717, 1.165) is 38.8 Å². The van der Waals surface area contributed by atoms with Crippen LogP contribution in [-0.2, 0) is 9.59 Å². The summed E-state index contributed by atoms with van der Waals surface area (Å²) in [4.78, 5) is 43.7. The molecule has 2 saturated heterocycles. The van der Waals surface area contributed by atoms with E-state index in [1.807, 2.05) is 0 Å². The van der Waals surface area contributed by atoms with Gasteiger partial charge in [-0.2, -0.15) is 5.26 Å². The molecule has 1 aromatic rings. The molecule has 0 bridgehead atoms. The van der Waals surface area contributed by atoms with E-state index in [1.165, 1.54) is 18.2 Å². The minimum atomic E-state index is -0.754. The van der Waals surface area contributed by atoms with Gasteiger partial charge in [-0.1, -0.05) is 6.07 Å². The van der Waals surface area contributed by atoms with Crippen LogP contribution in [0.1, 0.15) is 32.1 Å². The molecule has 164 valence electrons. The van der Waals surface area contributed by atoms with Crippen molar-refractivity contribution in [2.45, 2.75) is 38.1 Å². The quantitative estimate of drug-likeness (QED) is 0.181. The van der Waals surface area contributed by atoms with Gasteiger partial charge >= 0.3 is 0 Å². The predicted molar refractivity (Wildman–Crippen MR) is 113 cm³/mol. The Morgan fingerprint density at radius 2 is 2.00 bits per heavy atom. The highest BCUT2D eigenvalue weighted by atomic mass is 16.6. The number of hydrogen-bond donors (Lipinski definition) is 2. The molecule has 2 heterocycles. The van der Waals surface area contributed by atoms with Crippen molar-refractivity contribution in [1.82, 2.24) is 15.1 Å². The third-order valence-corrected chi connectivity index (χ3v) is 5.32. The summed E-state index contributed by atoms with van der Waals surface area (Å²) in [7, 11) is 0. The number of likely N-dealkylation sites (tertiary alicyclic amines) is 2. The fourth-order valence-corrected chi connectivity index (χ4v) is 3.73. The number of anilines is 1. The van der Waals surface area contributed by atoms with E-state index in [4.69, 9.17) is 5.26 Å². The van der Waals surface area contributed by atoms with Crippen molar-refractivity contribution in [2.75, 3.05) is 31.5 Å². The van der Waals surface area contributed by atoms with Crippen LogP contribution in [0.15, 0.2) is 29.3 Å². The predicted octanol–water partition coefficient (Wildman–Crippen LogP) is 1.44. The molecule has 31 heavy (non-hydrogen) atoms. The van der Waals surface area contributed by atoms with Crippen molar-refractivity contribution in [1.29, 1.82) is 5.26 Å². The molecular formula is C20H25N7O4. The third-order valence-electron chi connectivity index (χ3n) is 5.32. The first-order valence-electron chi connectivity index (χ1n) is 10.3. The summed E-state index contributed by atoms with van der Waals surface area (Å²) in [6, 6.07) is 5.01. The lowest BCUT2D eigenvalue weighted by molar-refractivity contribution is -0.384. The number of nitriles is 1. The van der Waals surface area contributed by atoms with Crippen molar-refractivity contribution in [2.24, 2.45) is 4.99 Å². The van der Waals surface area contributed by atoms with Gasteiger partial charge in [0.05, 0.1) is 11.5 Å². The number of carbonyl (C=O) groups is 2. The molecule has 1 unspecified atom stereocenters. The van der Waals surface area contributed by atoms with E-state index in [9.17, 15) is 19.7 Å². The fourth-order valence-electron chi connectivity index (χ4n) is 3.73. The van der Waals surface area contributed by atoms with Gasteiger partial charge in [-0.25, -0.2) is 4.99 Å². The fraction of sp³-hybridized carbons (Fsp3) is 0.500. The van der Waals surface area contributed by atoms with Crippen LogP contribution in [0.25, 0.3) is 0 Å². The molecule has 2 amide bonds. The zero-order valence-corrected chi connectivity index (χ0v) is 17.1. The van der Waals surface area contributed by atoms with Crippen molar-refractivity contribution in [3.63, 3.8) is 0 Å². The van der Waals surface area contributed by atoms with Crippen LogP contribution >= 0.6 is 0 Å². The molecule has 2 fully saturated rings. The largest absolute Gasteiger partial charge is 0.341 e. The first-order chi connectivity index (χ1) is 15.0. The van der Waals surface area contributed by atoms with Gasteiger partial charge in [0, 0.05) is 37.5 Å². The van der Waals surface area contributed by atoms with E-state index >= 15 is 0 Å². The molecule has 11 heteroatoms. The Labute approximate surface area is 179 Å². The van der Waals surface area contributed by atoms with Crippen LogP contribution < -0.4 is 10.6 Å². The summed E-state index contributed by atoms with van der Waals surface area (Å²) < 4.78 is 0. The van der Waals surface area contributed by atoms with Crippen LogP contribution in [0.2, 0.25) is 0 Å². The molecule has 2 aliphatic rings. The number of nitro groups is 1. The Hall–Kier alpha value is -3.68. The van der Waals surface area contributed by atoms with E-state index in [1.54, 1.807) is 22.1 Å². The number of guanidine groups is 1. The summed E-state index contributed by atoms with van der Waals surface area (Å²) in [5.41, 5.74) is 0.247. The van der Waals surface area contributed by atoms with Crippen LogP contribution in [-0.4, -0.2) is 64.7 Å². The van der Waals surface area contributed by atoms with Crippen LogP contribution in [0.5, 0.6) is 0 Å². The van der Waals surface area contributed by atoms with Gasteiger partial charge in [-0.05, 0) is 38.2 Å². The number of nitrogens with zero attached hydrogens (tertiary/aromatic N) is 5. The zero-order valence-electron chi connectivity index (χ0n) is 17.1. The maximum Gasteiger partial charge on any atom is 0.271 e. The monoisotopic (exact) mass is 427 g/mol. The Kier molecular flexibility index (Phi) is 7.37. The summed E-state index contributed by atoms with van der Waals surface area (Å²) in [5.74, 6) is -0.294. The molecule has 3 rings (SSSR count). The van der Waals surface area contributed by atoms with E-state index in [2.05, 4.69) is 15.6 Å². The Bertz CT molecular complexity index is 905. The SMILES string of the molecule is N#CNC(=NC1CCCCN(CC(=O)N2CCCC2)C1=O)Nc1cccc([N+](=O)[O-])c1. The molecule has 0 radical (unpaired) electrons. The maximum absolute atomic E-state index is 13.1. The van der Waals surface area contributed by atoms with Gasteiger partial charge in [-0.15, -0.1) is 0 Å². The first kappa shape index (κ1) is 22.0. The van der Waals surface area contributed by atoms with Gasteiger partial charge in [-0.3, -0.25) is 25.0 Å². The lowest BCUT2D eigenvalue weighted by Crippen LogP contribution is -2.45. The Morgan fingerprint density at radius 3 is 2.71 bits per heavy atom. The number of hydrogen-bond acceptors (Lipinski definition) is 6. The van der Waals surface area contributed by atoms with Crippen LogP contribution in [0.3, 0.4) is 0 Å². The molecular weight excluding hydrogens is 402 g/mol. The number of aliphatic imine (C=N–C) groups is 1. The molecule has 0 aromatic heterocycles. The number of carbonyl (C=O) groups excluding carboxylic acids is 2. The second kappa shape index (κ2) is 10.4. The number of benzene rings is 1. The van der Waals surface area contributed by atoms with Crippen molar-refractivity contribution in [3.05, 3.63) is 34.4 Å². The topological polar surface area (TPSA) is 144 Å². The lowest BCUT2D eigenvalue weighted by atomic mass is 10.1. The molecule has 11 nitrogen and oxygen atoms in total. The number of amides is 2. The highest BCUT2D eigenvalue weighted by Gasteiger charge is 2.30. The highest BCUT2D eigenvalue weighted by Crippen LogP contribution is 2.19. The summed E-state index contributed by atoms with van der Waals surface area (Å²) in [6.07, 6.45) is 5.74. The Balaban J connectivity index is 1.74. The third kappa shape index (κ3) is 5.91. The summed E-state index contributed by atoms with van der Waals surface area (Å²) in [6.45, 7) is 1.98. The minimum Gasteiger partial charge on any atom is -0.341 e. The van der Waals surface area contributed by atoms with Gasteiger partial charge in [0.25, 0.3) is 5.69 Å². The van der Waals surface area contributed by atoms with E-state index < -0.39 is 11.0 Å². The molecule has 2 N–H and O–H groups in total. The smallest absolute Gasteiger partial charge is 0.271 e. The number of nitrogens with one attached hydrogen (secondary N) is 2. The van der Waals surface area contributed by atoms with Crippen LogP contribution in [0.4, 0.5) is 11.4 Å². The number of nitro benzene ring substituents is 1. The van der Waals surface area contributed by atoms with E-state index in [-0.39, 0.29) is 30.0 Å². The first-order valence-corrected chi connectivity index (χ1v) is 10.3. The second-order valence-electron chi connectivity index (χ2n) is 7.51. The van der Waals surface area contributed by atoms with Gasteiger partial charge in [0.2, 0.25) is 17.8 Å². The average Bonchev–Trinajstić information content (AvgIpc) is 3.24. The molecule has 2 aliphatic heterocycles. The van der Waals surface area contributed by atoms with Gasteiger partial charge < -0.3 is 15.1 Å². The van der Waals surface area contributed by atoms with E-state index in [0.29, 0.717) is 18.7 Å². The minimum absolute atomic E-state index is 0.0223. The average molecular weight is 427 g/mol. The van der Waals surface area contributed by atoms with Crippen molar-refractivity contribution >= 4 is 29.1 Å². The highest BCUT2D eigenvalue weighted by molar-refractivity contribution is 5.97. The Morgan fingerprint density at radius 1 is 1.26 bits per heavy atom.